The molecule has 0 spiro atoms. The van der Waals surface area contributed by atoms with E-state index < -0.39 is 0 Å². The first kappa shape index (κ1) is 16.6. The molecule has 0 radical (unpaired) electrons. The predicted molar refractivity (Wildman–Crippen MR) is 89.5 cm³/mol. The first-order valence-electron chi connectivity index (χ1n) is 6.77. The topological polar surface area (TPSA) is 36.9 Å². The quantitative estimate of drug-likeness (QED) is 0.382. The van der Waals surface area contributed by atoms with Gasteiger partial charge in [-0.1, -0.05) is 0 Å². The van der Waals surface area contributed by atoms with Crippen LogP contribution in [0.3, 0.4) is 0 Å². The Hall–Kier alpha value is 1.25. The summed E-state index contributed by atoms with van der Waals surface area (Å²) in [5.41, 5.74) is 0. The van der Waals surface area contributed by atoms with Gasteiger partial charge >= 0.3 is 88.8 Å². The molecule has 0 aliphatic heterocycles. The molecule has 1 aromatic heterocycles. The summed E-state index contributed by atoms with van der Waals surface area (Å²) in [6.07, 6.45) is 9.57. The number of rotatable bonds is 2. The van der Waals surface area contributed by atoms with Crippen molar-refractivity contribution in [2.24, 2.45) is 7.05 Å². The van der Waals surface area contributed by atoms with Gasteiger partial charge in [-0.3, -0.25) is 0 Å². The summed E-state index contributed by atoms with van der Waals surface area (Å²) >= 11 is 6.90. The van der Waals surface area contributed by atoms with Gasteiger partial charge < -0.3 is 0 Å². The van der Waals surface area contributed by atoms with Crippen LogP contribution in [0.15, 0.2) is 0 Å². The summed E-state index contributed by atoms with van der Waals surface area (Å²) in [6, 6.07) is 0.909. The molecule has 1 N–H and O–H groups in total. The van der Waals surface area contributed by atoms with E-state index in [1.54, 1.807) is 0 Å². The number of hydrogen-bond donors (Lipinski definition) is 1. The Kier molecular flexibility index (Phi) is 7.02. The number of nitrogens with one attached hydrogen (secondary N) is 1. The molecule has 0 bridgehead atoms. The van der Waals surface area contributed by atoms with Crippen molar-refractivity contribution in [2.75, 3.05) is 0 Å². The summed E-state index contributed by atoms with van der Waals surface area (Å²) in [4.78, 5) is 3.35. The summed E-state index contributed by atoms with van der Waals surface area (Å²) in [5, 5.41) is 4.49. The van der Waals surface area contributed by atoms with Crippen molar-refractivity contribution in [2.45, 2.75) is 56.9 Å². The Morgan fingerprint density at radius 3 is 2.21 bits per heavy atom. The summed E-state index contributed by atoms with van der Waals surface area (Å²) < 4.78 is 5.27. The van der Waals surface area contributed by atoms with Gasteiger partial charge in [0.1, 0.15) is 0 Å². The van der Waals surface area contributed by atoms with Crippen molar-refractivity contribution in [1.82, 2.24) is 16.1 Å². The monoisotopic (exact) mass is 669 g/mol. The van der Waals surface area contributed by atoms with Crippen molar-refractivity contribution in [3.63, 3.8) is 0 Å². The standard InChI is InChI=1S/C9H15N3.C3H5I2N.Pt/c1-12-7-10-9(11-12)8-5-3-2-4-6-8;4-6(5)3-1-2-3;/h8H,2-6H2,1H3,(H,10,11);3H,1-2H2;. The van der Waals surface area contributed by atoms with E-state index in [4.69, 9.17) is 0 Å². The van der Waals surface area contributed by atoms with Crippen LogP contribution in [0.4, 0.5) is 0 Å². The van der Waals surface area contributed by atoms with Crippen LogP contribution in [0, 0.1) is 3.80 Å². The van der Waals surface area contributed by atoms with Gasteiger partial charge in [0.05, 0.1) is 0 Å². The number of nitrogens with zero attached hydrogens (tertiary/aromatic N) is 3. The van der Waals surface area contributed by atoms with Gasteiger partial charge in [0.15, 0.2) is 0 Å². The molecule has 2 aliphatic rings. The molecule has 7 heteroatoms. The zero-order valence-corrected chi connectivity index (χ0v) is 17.6. The van der Waals surface area contributed by atoms with Crippen LogP contribution >= 0.6 is 45.7 Å². The van der Waals surface area contributed by atoms with Crippen LogP contribution in [0.2, 0.25) is 0 Å². The number of aromatic nitrogens is 3. The maximum absolute atomic E-state index is 4.49. The molecule has 4 nitrogen and oxygen atoms in total. The SMILES string of the molecule is Cn1nc(C2CCCCC2)[nH][c]1=[Pt].IN(I)C1CC1. The molecule has 0 unspecified atom stereocenters. The van der Waals surface area contributed by atoms with E-state index in [0.29, 0.717) is 5.92 Å². The molecule has 0 amide bonds. The first-order chi connectivity index (χ1) is 9.08. The third kappa shape index (κ3) is 5.51. The smallest absolute Gasteiger partial charge is 0.0311 e. The van der Waals surface area contributed by atoms with E-state index in [1.165, 1.54) is 50.8 Å². The van der Waals surface area contributed by atoms with Crippen molar-refractivity contribution in [3.8, 4) is 0 Å². The number of halogens is 2. The zero-order valence-electron chi connectivity index (χ0n) is 11.0. The van der Waals surface area contributed by atoms with E-state index in [1.807, 2.05) is 11.7 Å². The van der Waals surface area contributed by atoms with Crippen LogP contribution < -0.4 is 0 Å². The van der Waals surface area contributed by atoms with Crippen LogP contribution in [0.25, 0.3) is 0 Å². The molecular formula is C12H20I2N4Pt. The predicted octanol–water partition coefficient (Wildman–Crippen LogP) is 4.03. The molecular weight excluding hydrogens is 649 g/mol. The van der Waals surface area contributed by atoms with Crippen LogP contribution in [-0.4, -0.2) is 22.1 Å². The second-order valence-corrected chi connectivity index (χ2v) is 10.2. The molecule has 0 aromatic carbocycles. The van der Waals surface area contributed by atoms with Crippen LogP contribution in [0.5, 0.6) is 0 Å². The molecule has 2 aliphatic carbocycles. The van der Waals surface area contributed by atoms with Gasteiger partial charge in [-0.25, -0.2) is 0 Å². The Bertz CT molecular complexity index is 447. The molecule has 2 saturated carbocycles. The van der Waals surface area contributed by atoms with Gasteiger partial charge in [-0.05, 0) is 12.8 Å². The molecule has 0 atom stereocenters. The minimum absolute atomic E-state index is 0.684. The van der Waals surface area contributed by atoms with E-state index in [9.17, 15) is 0 Å². The average molecular weight is 669 g/mol. The maximum Gasteiger partial charge on any atom is 0.0311 e. The van der Waals surface area contributed by atoms with E-state index in [-0.39, 0.29) is 0 Å². The van der Waals surface area contributed by atoms with E-state index in [0.717, 1.165) is 9.85 Å². The Balaban J connectivity index is 0.000000186. The minimum atomic E-state index is 0.684. The largest absolute Gasteiger partial charge is 0.185 e. The molecule has 0 saturated heterocycles. The van der Waals surface area contributed by atoms with Gasteiger partial charge in [0.2, 0.25) is 0 Å². The maximum atomic E-state index is 4.49. The van der Waals surface area contributed by atoms with Crippen LogP contribution in [0.1, 0.15) is 56.7 Å². The fourth-order valence-corrected chi connectivity index (χ4v) is 3.75. The summed E-state index contributed by atoms with van der Waals surface area (Å²) in [7, 11) is 1.99. The number of aromatic amines is 1. The van der Waals surface area contributed by atoms with Crippen molar-refractivity contribution in [1.29, 1.82) is 0 Å². The molecule has 1 aromatic rings. The Morgan fingerprint density at radius 1 is 1.21 bits per heavy atom. The molecule has 1 heterocycles. The fraction of sp³-hybridized carbons (Fsp3) is 0.833. The average Bonchev–Trinajstić information content (AvgIpc) is 3.19. The van der Waals surface area contributed by atoms with Gasteiger partial charge in [-0.15, -0.1) is 0 Å². The van der Waals surface area contributed by atoms with Gasteiger partial charge in [0.25, 0.3) is 0 Å². The summed E-state index contributed by atoms with van der Waals surface area (Å²) in [6.45, 7) is 0. The van der Waals surface area contributed by atoms with E-state index >= 15 is 0 Å². The van der Waals surface area contributed by atoms with Crippen molar-refractivity contribution >= 4 is 45.7 Å². The van der Waals surface area contributed by atoms with Crippen molar-refractivity contribution in [3.05, 3.63) is 9.63 Å². The fourth-order valence-electron chi connectivity index (χ4n) is 2.24. The minimum Gasteiger partial charge on any atom is -0.185 e. The summed E-state index contributed by atoms with van der Waals surface area (Å²) in [5.74, 6) is 1.87. The third-order valence-corrected chi connectivity index (χ3v) is 6.16. The van der Waals surface area contributed by atoms with Gasteiger partial charge in [-0.2, -0.15) is 1.33 Å². The third-order valence-electron chi connectivity index (χ3n) is 3.56. The van der Waals surface area contributed by atoms with E-state index in [2.05, 4.69) is 76.5 Å². The second-order valence-electron chi connectivity index (χ2n) is 5.22. The first-order valence-corrected chi connectivity index (χ1v) is 9.84. The zero-order chi connectivity index (χ0) is 13.8. The Labute approximate surface area is 153 Å². The second kappa shape index (κ2) is 8.03. The van der Waals surface area contributed by atoms with Gasteiger partial charge in [0, 0.05) is 51.8 Å². The normalized spacial score (nSPS) is 20.3. The number of H-pyrrole nitrogens is 1. The molecule has 112 valence electrons. The molecule has 2 fully saturated rings. The molecule has 19 heavy (non-hydrogen) atoms. The number of aryl methyl sites for hydroxylation is 1. The van der Waals surface area contributed by atoms with Crippen molar-refractivity contribution < 1.29 is 19.4 Å². The molecule has 3 rings (SSSR count). The Morgan fingerprint density at radius 2 is 1.84 bits per heavy atom. The van der Waals surface area contributed by atoms with Crippen LogP contribution in [-0.2, 0) is 26.4 Å². The number of hydrogen-bond acceptors (Lipinski definition) is 2.